The van der Waals surface area contributed by atoms with Crippen LogP contribution in [-0.2, 0) is 4.79 Å². The lowest BCUT2D eigenvalue weighted by molar-refractivity contribution is -0.117. The first kappa shape index (κ1) is 14.1. The molecule has 0 fully saturated rings. The lowest BCUT2D eigenvalue weighted by Crippen LogP contribution is -2.33. The topological polar surface area (TPSA) is 33.5 Å². The molecule has 3 nitrogen and oxygen atoms in total. The second-order valence-electron chi connectivity index (χ2n) is 4.93. The molecule has 0 spiro atoms. The van der Waals surface area contributed by atoms with Gasteiger partial charge in [-0.2, -0.15) is 0 Å². The number of hydrogen-bond acceptors (Lipinski definition) is 2. The highest BCUT2D eigenvalue weighted by molar-refractivity contribution is 5.90. The Kier molecular flexibility index (Phi) is 4.41. The zero-order chi connectivity index (χ0) is 14.5. The number of amides is 1. The molecule has 1 atom stereocenters. The van der Waals surface area contributed by atoms with E-state index in [-0.39, 0.29) is 11.9 Å². The number of hydrogen-bond donors (Lipinski definition) is 0. The molecule has 2 aromatic rings. The predicted molar refractivity (Wildman–Crippen MR) is 80.5 cm³/mol. The third kappa shape index (κ3) is 3.18. The van der Waals surface area contributed by atoms with Crippen LogP contribution in [0.5, 0.6) is 0 Å². The molecule has 1 aromatic heterocycles. The molecule has 104 valence electrons. The predicted octanol–water partition coefficient (Wildman–Crippen LogP) is 4.34. The minimum atomic E-state index is -0.0997. The zero-order valence-corrected chi connectivity index (χ0v) is 11.9. The number of nitrogens with zero attached hydrogens (tertiary/aromatic N) is 1. The maximum atomic E-state index is 12.1. The molecule has 20 heavy (non-hydrogen) atoms. The average Bonchev–Trinajstić information content (AvgIpc) is 2.92. The lowest BCUT2D eigenvalue weighted by atomic mass is 9.98. The van der Waals surface area contributed by atoms with Crippen LogP contribution in [0.2, 0.25) is 0 Å². The molecule has 0 aliphatic rings. The van der Waals surface area contributed by atoms with Crippen LogP contribution in [0.3, 0.4) is 0 Å². The van der Waals surface area contributed by atoms with Gasteiger partial charge in [0, 0.05) is 13.0 Å². The Morgan fingerprint density at radius 2 is 1.90 bits per heavy atom. The van der Waals surface area contributed by atoms with Crippen LogP contribution in [0.15, 0.2) is 65.3 Å². The number of anilines is 1. The van der Waals surface area contributed by atoms with E-state index in [2.05, 4.69) is 6.58 Å². The molecule has 0 saturated carbocycles. The smallest absolute Gasteiger partial charge is 0.226 e. The molecule has 1 aromatic carbocycles. The van der Waals surface area contributed by atoms with Crippen molar-refractivity contribution in [3.8, 4) is 0 Å². The molecule has 1 unspecified atom stereocenters. The fourth-order valence-corrected chi connectivity index (χ4v) is 2.30. The lowest BCUT2D eigenvalue weighted by Gasteiger charge is -2.29. The van der Waals surface area contributed by atoms with Crippen LogP contribution in [0.1, 0.15) is 31.9 Å². The van der Waals surface area contributed by atoms with E-state index in [0.29, 0.717) is 12.3 Å². The summed E-state index contributed by atoms with van der Waals surface area (Å²) in [4.78, 5) is 13.8. The maximum absolute atomic E-state index is 12.1. The third-order valence-electron chi connectivity index (χ3n) is 3.12. The van der Waals surface area contributed by atoms with Gasteiger partial charge in [0.2, 0.25) is 11.8 Å². The first-order valence-corrected chi connectivity index (χ1v) is 6.62. The van der Waals surface area contributed by atoms with Gasteiger partial charge in [0.1, 0.15) is 0 Å². The van der Waals surface area contributed by atoms with Gasteiger partial charge in [-0.25, -0.2) is 0 Å². The minimum Gasteiger partial charge on any atom is -0.448 e. The molecule has 0 saturated heterocycles. The van der Waals surface area contributed by atoms with Crippen LogP contribution in [0.4, 0.5) is 5.88 Å². The minimum absolute atomic E-state index is 0.0462. The summed E-state index contributed by atoms with van der Waals surface area (Å²) in [6, 6.07) is 13.4. The van der Waals surface area contributed by atoms with Gasteiger partial charge < -0.3 is 4.42 Å². The van der Waals surface area contributed by atoms with Gasteiger partial charge in [0.25, 0.3) is 0 Å². The fraction of sp³-hybridized carbons (Fsp3) is 0.235. The van der Waals surface area contributed by atoms with Crippen molar-refractivity contribution in [2.75, 3.05) is 4.90 Å². The quantitative estimate of drug-likeness (QED) is 0.756. The highest BCUT2D eigenvalue weighted by Gasteiger charge is 2.26. The second-order valence-corrected chi connectivity index (χ2v) is 4.93. The van der Waals surface area contributed by atoms with Crippen molar-refractivity contribution >= 4 is 11.8 Å². The Balaban J connectivity index is 2.43. The Labute approximate surface area is 119 Å². The number of furan rings is 1. The van der Waals surface area contributed by atoms with Gasteiger partial charge in [-0.1, -0.05) is 35.9 Å². The SMILES string of the molecule is C=C(C)CC(c1ccccc1)N(C(C)=O)c1ccco1. The maximum Gasteiger partial charge on any atom is 0.226 e. The van der Waals surface area contributed by atoms with Crippen LogP contribution in [0.25, 0.3) is 0 Å². The van der Waals surface area contributed by atoms with E-state index in [9.17, 15) is 4.79 Å². The number of carbonyl (C=O) groups excluding carboxylic acids is 1. The number of rotatable bonds is 5. The van der Waals surface area contributed by atoms with Gasteiger partial charge >= 0.3 is 0 Å². The first-order valence-electron chi connectivity index (χ1n) is 6.62. The average molecular weight is 269 g/mol. The summed E-state index contributed by atoms with van der Waals surface area (Å²) in [7, 11) is 0. The zero-order valence-electron chi connectivity index (χ0n) is 11.9. The van der Waals surface area contributed by atoms with Crippen molar-refractivity contribution in [1.82, 2.24) is 0 Å². The monoisotopic (exact) mass is 269 g/mol. The summed E-state index contributed by atoms with van der Waals surface area (Å²) in [6.07, 6.45) is 2.28. The molecule has 0 radical (unpaired) electrons. The van der Waals surface area contributed by atoms with Crippen molar-refractivity contribution in [3.63, 3.8) is 0 Å². The van der Waals surface area contributed by atoms with Gasteiger partial charge in [-0.3, -0.25) is 9.69 Å². The molecule has 0 N–H and O–H groups in total. The van der Waals surface area contributed by atoms with E-state index in [4.69, 9.17) is 4.42 Å². The van der Waals surface area contributed by atoms with Crippen molar-refractivity contribution in [3.05, 3.63) is 66.4 Å². The van der Waals surface area contributed by atoms with Crippen LogP contribution in [-0.4, -0.2) is 5.91 Å². The van der Waals surface area contributed by atoms with Crippen LogP contribution >= 0.6 is 0 Å². The standard InChI is InChI=1S/C17H19NO2/c1-13(2)12-16(15-8-5-4-6-9-15)18(14(3)19)17-10-7-11-20-17/h4-11,16H,1,12H2,2-3H3. The molecular weight excluding hydrogens is 250 g/mol. The van der Waals surface area contributed by atoms with Crippen molar-refractivity contribution in [2.45, 2.75) is 26.3 Å². The van der Waals surface area contributed by atoms with E-state index in [1.807, 2.05) is 37.3 Å². The third-order valence-corrected chi connectivity index (χ3v) is 3.12. The Morgan fingerprint density at radius 3 is 2.40 bits per heavy atom. The summed E-state index contributed by atoms with van der Waals surface area (Å²) in [5.74, 6) is 0.516. The van der Waals surface area contributed by atoms with Gasteiger partial charge in [-0.05, 0) is 25.0 Å². The van der Waals surface area contributed by atoms with Gasteiger partial charge in [-0.15, -0.1) is 6.58 Å². The molecule has 2 rings (SSSR count). The largest absolute Gasteiger partial charge is 0.448 e. The summed E-state index contributed by atoms with van der Waals surface area (Å²) in [5, 5.41) is 0. The summed E-state index contributed by atoms with van der Waals surface area (Å²) >= 11 is 0. The van der Waals surface area contributed by atoms with Crippen molar-refractivity contribution in [2.24, 2.45) is 0 Å². The normalized spacial score (nSPS) is 11.9. The molecule has 0 aliphatic heterocycles. The Hall–Kier alpha value is -2.29. The number of carbonyl (C=O) groups is 1. The van der Waals surface area contributed by atoms with Crippen LogP contribution < -0.4 is 4.90 Å². The van der Waals surface area contributed by atoms with E-state index < -0.39 is 0 Å². The highest BCUT2D eigenvalue weighted by Crippen LogP contribution is 2.32. The number of benzene rings is 1. The Bertz CT molecular complexity index is 572. The van der Waals surface area contributed by atoms with E-state index in [1.165, 1.54) is 0 Å². The molecule has 1 amide bonds. The Morgan fingerprint density at radius 1 is 1.20 bits per heavy atom. The van der Waals surface area contributed by atoms with E-state index >= 15 is 0 Å². The van der Waals surface area contributed by atoms with E-state index in [1.54, 1.807) is 30.2 Å². The summed E-state index contributed by atoms with van der Waals surface area (Å²) in [5.41, 5.74) is 2.10. The molecule has 0 aliphatic carbocycles. The molecule has 0 bridgehead atoms. The van der Waals surface area contributed by atoms with Gasteiger partial charge in [0.15, 0.2) is 0 Å². The fourth-order valence-electron chi connectivity index (χ4n) is 2.30. The first-order chi connectivity index (χ1) is 9.59. The summed E-state index contributed by atoms with van der Waals surface area (Å²) < 4.78 is 5.42. The van der Waals surface area contributed by atoms with Crippen molar-refractivity contribution < 1.29 is 9.21 Å². The molecular formula is C17H19NO2. The highest BCUT2D eigenvalue weighted by atomic mass is 16.3. The van der Waals surface area contributed by atoms with Crippen LogP contribution in [0, 0.1) is 0 Å². The molecule has 3 heteroatoms. The van der Waals surface area contributed by atoms with Crippen molar-refractivity contribution in [1.29, 1.82) is 0 Å². The second kappa shape index (κ2) is 6.24. The van der Waals surface area contributed by atoms with E-state index in [0.717, 1.165) is 11.1 Å². The molecule has 1 heterocycles. The summed E-state index contributed by atoms with van der Waals surface area (Å²) in [6.45, 7) is 7.50. The van der Waals surface area contributed by atoms with Gasteiger partial charge in [0.05, 0.1) is 12.3 Å².